The van der Waals surface area contributed by atoms with Crippen molar-refractivity contribution in [1.29, 1.82) is 0 Å². The Hall–Kier alpha value is -1.52. The molecule has 0 bridgehead atoms. The van der Waals surface area contributed by atoms with E-state index in [1.54, 1.807) is 0 Å². The molecule has 0 fully saturated rings. The lowest BCUT2D eigenvalue weighted by Gasteiger charge is -2.16. The number of hydrogen-bond acceptors (Lipinski definition) is 2. The van der Waals surface area contributed by atoms with Crippen LogP contribution < -0.4 is 5.73 Å². The van der Waals surface area contributed by atoms with Crippen molar-refractivity contribution in [2.45, 2.75) is 96.8 Å². The Labute approximate surface area is 160 Å². The average molecular weight is 369 g/mol. The van der Waals surface area contributed by atoms with E-state index < -0.39 is 12.0 Å². The summed E-state index contributed by atoms with van der Waals surface area (Å²) < 4.78 is 0. The van der Waals surface area contributed by atoms with E-state index in [-0.39, 0.29) is 6.54 Å². The lowest BCUT2D eigenvalue weighted by molar-refractivity contribution is -0.118. The third-order valence-corrected chi connectivity index (χ3v) is 4.56. The molecule has 0 atom stereocenters. The molecule has 26 heavy (non-hydrogen) atoms. The largest absolute Gasteiger partial charge is 0.465 e. The molecule has 2 amide bonds. The Morgan fingerprint density at radius 1 is 0.808 bits per heavy atom. The van der Waals surface area contributed by atoms with Crippen molar-refractivity contribution in [3.63, 3.8) is 0 Å². The van der Waals surface area contributed by atoms with Gasteiger partial charge in [0, 0.05) is 6.54 Å². The highest BCUT2D eigenvalue weighted by Gasteiger charge is 2.13. The number of rotatable bonds is 18. The second-order valence-corrected chi connectivity index (χ2v) is 7.11. The monoisotopic (exact) mass is 368 g/mol. The Balaban J connectivity index is 3.38. The quantitative estimate of drug-likeness (QED) is 0.248. The molecule has 5 heteroatoms. The van der Waals surface area contributed by atoms with Crippen molar-refractivity contribution in [3.8, 4) is 0 Å². The number of nitrogens with zero attached hydrogens (tertiary/aromatic N) is 1. The van der Waals surface area contributed by atoms with Gasteiger partial charge in [0.2, 0.25) is 5.91 Å². The Bertz CT molecular complexity index is 383. The zero-order chi connectivity index (χ0) is 19.5. The molecule has 0 aromatic heterocycles. The van der Waals surface area contributed by atoms with Crippen LogP contribution in [0.3, 0.4) is 0 Å². The van der Waals surface area contributed by atoms with Gasteiger partial charge in [-0.1, -0.05) is 76.9 Å². The average Bonchev–Trinajstić information content (AvgIpc) is 2.59. The molecule has 3 N–H and O–H groups in total. The first kappa shape index (κ1) is 24.5. The summed E-state index contributed by atoms with van der Waals surface area (Å²) in [5, 5.41) is 8.95. The molecule has 0 spiro atoms. The Morgan fingerprint density at radius 3 is 1.73 bits per heavy atom. The molecule has 0 aliphatic heterocycles. The fraction of sp³-hybridized carbons (Fsp3) is 0.810. The molecular weight excluding hydrogens is 328 g/mol. The number of primary amides is 1. The van der Waals surface area contributed by atoms with Gasteiger partial charge in [-0.25, -0.2) is 4.79 Å². The molecule has 0 aliphatic carbocycles. The number of unbranched alkanes of at least 4 members (excludes halogenated alkanes) is 12. The van der Waals surface area contributed by atoms with Gasteiger partial charge in [0.1, 0.15) is 6.54 Å². The zero-order valence-electron chi connectivity index (χ0n) is 16.8. The van der Waals surface area contributed by atoms with Gasteiger partial charge in [-0.15, -0.1) is 0 Å². The highest BCUT2D eigenvalue weighted by molar-refractivity contribution is 5.80. The summed E-state index contributed by atoms with van der Waals surface area (Å²) in [4.78, 5) is 22.8. The van der Waals surface area contributed by atoms with Gasteiger partial charge < -0.3 is 10.8 Å². The maximum atomic E-state index is 10.9. The van der Waals surface area contributed by atoms with Crippen LogP contribution in [0.1, 0.15) is 96.8 Å². The van der Waals surface area contributed by atoms with Crippen molar-refractivity contribution < 1.29 is 14.7 Å². The van der Waals surface area contributed by atoms with Crippen LogP contribution in [0, 0.1) is 0 Å². The predicted molar refractivity (Wildman–Crippen MR) is 108 cm³/mol. The molecule has 0 saturated heterocycles. The molecule has 152 valence electrons. The third-order valence-electron chi connectivity index (χ3n) is 4.56. The van der Waals surface area contributed by atoms with Crippen molar-refractivity contribution >= 4 is 12.0 Å². The zero-order valence-corrected chi connectivity index (χ0v) is 16.8. The Kier molecular flexibility index (Phi) is 17.2. The predicted octanol–water partition coefficient (Wildman–Crippen LogP) is 5.49. The van der Waals surface area contributed by atoms with Crippen molar-refractivity contribution in [2.75, 3.05) is 13.1 Å². The molecule has 0 aromatic carbocycles. The molecule has 5 nitrogen and oxygen atoms in total. The maximum absolute atomic E-state index is 10.9. The first-order valence-corrected chi connectivity index (χ1v) is 10.5. The number of carbonyl (C=O) groups excluding carboxylic acids is 1. The van der Waals surface area contributed by atoms with Crippen LogP contribution in [-0.4, -0.2) is 35.1 Å². The van der Waals surface area contributed by atoms with E-state index in [2.05, 4.69) is 19.1 Å². The Morgan fingerprint density at radius 2 is 1.27 bits per heavy atom. The lowest BCUT2D eigenvalue weighted by atomic mass is 10.1. The smallest absolute Gasteiger partial charge is 0.407 e. The number of nitrogens with two attached hydrogens (primary N) is 1. The van der Waals surface area contributed by atoms with Crippen molar-refractivity contribution in [2.24, 2.45) is 5.73 Å². The fourth-order valence-corrected chi connectivity index (χ4v) is 2.98. The first-order chi connectivity index (χ1) is 12.6. The van der Waals surface area contributed by atoms with E-state index >= 15 is 0 Å². The van der Waals surface area contributed by atoms with Gasteiger partial charge in [-0.3, -0.25) is 9.69 Å². The van der Waals surface area contributed by atoms with Gasteiger partial charge in [0.15, 0.2) is 0 Å². The summed E-state index contributed by atoms with van der Waals surface area (Å²) >= 11 is 0. The van der Waals surface area contributed by atoms with E-state index in [1.807, 2.05) is 0 Å². The molecule has 0 rings (SSSR count). The topological polar surface area (TPSA) is 83.6 Å². The van der Waals surface area contributed by atoms with Crippen molar-refractivity contribution in [1.82, 2.24) is 4.90 Å². The van der Waals surface area contributed by atoms with Crippen molar-refractivity contribution in [3.05, 3.63) is 12.2 Å². The second-order valence-electron chi connectivity index (χ2n) is 7.11. The molecule has 0 saturated carbocycles. The molecule has 0 unspecified atom stereocenters. The van der Waals surface area contributed by atoms with E-state index in [0.717, 1.165) is 30.6 Å². The summed E-state index contributed by atoms with van der Waals surface area (Å²) in [5.74, 6) is -0.605. The van der Waals surface area contributed by atoms with Gasteiger partial charge >= 0.3 is 6.09 Å². The number of allylic oxidation sites excluding steroid dienone is 2. The third kappa shape index (κ3) is 17.3. The lowest BCUT2D eigenvalue weighted by Crippen LogP contribution is -2.38. The first-order valence-electron chi connectivity index (χ1n) is 10.5. The summed E-state index contributed by atoms with van der Waals surface area (Å²) in [5.41, 5.74) is 5.04. The minimum atomic E-state index is -1.08. The van der Waals surface area contributed by atoms with E-state index in [4.69, 9.17) is 10.8 Å². The fourth-order valence-electron chi connectivity index (χ4n) is 2.98. The summed E-state index contributed by atoms with van der Waals surface area (Å²) in [6, 6.07) is 0. The molecular formula is C21H40N2O3. The standard InChI is InChI=1S/C21H40N2O3/c1-2-3-4-5-6-7-8-9-10-11-12-13-14-15-16-17-18-23(21(25)26)19-20(22)24/h12-13H,2-11,14-19H2,1H3,(H2,22,24)(H,25,26)/b13-12-. The van der Waals surface area contributed by atoms with Gasteiger partial charge in [-0.2, -0.15) is 0 Å². The number of carbonyl (C=O) groups is 2. The minimum absolute atomic E-state index is 0.214. The van der Waals surface area contributed by atoms with Crippen LogP contribution in [0.25, 0.3) is 0 Å². The van der Waals surface area contributed by atoms with Crippen LogP contribution in [0.4, 0.5) is 4.79 Å². The van der Waals surface area contributed by atoms with Crippen LogP contribution in [0.2, 0.25) is 0 Å². The SMILES string of the molecule is CCCCCCCCCCC/C=C\CCCCCN(CC(N)=O)C(=O)O. The van der Waals surface area contributed by atoms with Gasteiger partial charge in [-0.05, 0) is 32.1 Å². The molecule has 0 heterocycles. The van der Waals surface area contributed by atoms with E-state index in [1.165, 1.54) is 64.2 Å². The summed E-state index contributed by atoms with van der Waals surface area (Å²) in [6.07, 6.45) is 20.7. The summed E-state index contributed by atoms with van der Waals surface area (Å²) in [6.45, 7) is 2.42. The van der Waals surface area contributed by atoms with Crippen LogP contribution >= 0.6 is 0 Å². The molecule has 0 radical (unpaired) electrons. The van der Waals surface area contributed by atoms with Gasteiger partial charge in [0.25, 0.3) is 0 Å². The van der Waals surface area contributed by atoms with E-state index in [0.29, 0.717) is 6.54 Å². The van der Waals surface area contributed by atoms with Gasteiger partial charge in [0.05, 0.1) is 0 Å². The number of amides is 2. The summed E-state index contributed by atoms with van der Waals surface area (Å²) in [7, 11) is 0. The number of carboxylic acid groups (broad SMARTS) is 1. The number of hydrogen-bond donors (Lipinski definition) is 2. The highest BCUT2D eigenvalue weighted by atomic mass is 16.4. The normalized spacial score (nSPS) is 11.1. The molecule has 0 aromatic rings. The molecule has 0 aliphatic rings. The maximum Gasteiger partial charge on any atom is 0.407 e. The van der Waals surface area contributed by atoms with Crippen LogP contribution in [-0.2, 0) is 4.79 Å². The second kappa shape index (κ2) is 18.3. The van der Waals surface area contributed by atoms with E-state index in [9.17, 15) is 9.59 Å². The van der Waals surface area contributed by atoms with Crippen LogP contribution in [0.5, 0.6) is 0 Å². The highest BCUT2D eigenvalue weighted by Crippen LogP contribution is 2.11. The minimum Gasteiger partial charge on any atom is -0.465 e. The van der Waals surface area contributed by atoms with Crippen LogP contribution in [0.15, 0.2) is 12.2 Å².